The van der Waals surface area contributed by atoms with Crippen molar-refractivity contribution in [1.29, 1.82) is 0 Å². The normalized spacial score (nSPS) is 13.7. The van der Waals surface area contributed by atoms with Crippen LogP contribution in [0, 0.1) is 0 Å². The highest BCUT2D eigenvalue weighted by Gasteiger charge is 2.42. The summed E-state index contributed by atoms with van der Waals surface area (Å²) < 4.78 is 17.4. The van der Waals surface area contributed by atoms with Crippen LogP contribution in [0.5, 0.6) is 0 Å². The molecular formula is C105H75N13O. The molecule has 0 aliphatic heterocycles. The fourth-order valence-electron chi connectivity index (χ4n) is 19.7. The average molecular weight is 1530 g/mol. The Morgan fingerprint density at radius 2 is 0.655 bits per heavy atom. The lowest BCUT2D eigenvalue weighted by Gasteiger charge is -2.23. The van der Waals surface area contributed by atoms with Gasteiger partial charge in [0.1, 0.15) is 5.82 Å². The van der Waals surface area contributed by atoms with E-state index < -0.39 is 0 Å². The summed E-state index contributed by atoms with van der Waals surface area (Å²) in [7, 11) is 0. The van der Waals surface area contributed by atoms with Crippen LogP contribution in [0.2, 0.25) is 0 Å². The molecule has 3 aliphatic carbocycles. The van der Waals surface area contributed by atoms with Crippen LogP contribution in [-0.4, -0.2) is 62.8 Å². The van der Waals surface area contributed by atoms with Gasteiger partial charge in [-0.15, -0.1) is 10.2 Å². The van der Waals surface area contributed by atoms with Gasteiger partial charge in [0.15, 0.2) is 0 Å². The lowest BCUT2D eigenvalue weighted by molar-refractivity contribution is 0.584. The van der Waals surface area contributed by atoms with Gasteiger partial charge in [-0.2, -0.15) is 0 Å². The first-order chi connectivity index (χ1) is 58.3. The van der Waals surface area contributed by atoms with Crippen LogP contribution in [0.25, 0.3) is 184 Å². The van der Waals surface area contributed by atoms with E-state index in [1.165, 1.54) is 99.5 Å². The van der Waals surface area contributed by atoms with Gasteiger partial charge in [-0.05, 0) is 212 Å². The molecule has 10 heterocycles. The molecule has 22 aromatic rings. The minimum atomic E-state index is -0.144. The van der Waals surface area contributed by atoms with E-state index in [0.29, 0.717) is 17.6 Å². The van der Waals surface area contributed by atoms with Gasteiger partial charge < -0.3 is 18.1 Å². The highest BCUT2D eigenvalue weighted by Crippen LogP contribution is 2.57. The van der Waals surface area contributed by atoms with Crippen molar-refractivity contribution in [3.05, 3.63) is 380 Å². The highest BCUT2D eigenvalue weighted by molar-refractivity contribution is 6.14. The lowest BCUT2D eigenvalue weighted by atomic mass is 9.81. The summed E-state index contributed by atoms with van der Waals surface area (Å²) in [4.78, 5) is 28.6. The van der Waals surface area contributed by atoms with E-state index in [2.05, 4.69) is 318 Å². The molecular weight excluding hydrogens is 1460 g/mol. The number of benzene rings is 12. The number of hydrogen-bond acceptors (Lipinski definition) is 9. The number of imidazole rings is 2. The molecule has 0 amide bonds. The van der Waals surface area contributed by atoms with Gasteiger partial charge in [-0.25, -0.2) is 15.0 Å². The third kappa shape index (κ3) is 10.5. The number of hydrogen-bond donors (Lipinski definition) is 0. The van der Waals surface area contributed by atoms with Gasteiger partial charge >= 0.3 is 0 Å². The number of rotatable bonds is 8. The first-order valence-corrected chi connectivity index (χ1v) is 40.4. The molecule has 3 aliphatic rings. The summed E-state index contributed by atoms with van der Waals surface area (Å²) >= 11 is 0. The Morgan fingerprint density at radius 3 is 1.11 bits per heavy atom. The monoisotopic (exact) mass is 1530 g/mol. The van der Waals surface area contributed by atoms with Crippen LogP contribution >= 0.6 is 0 Å². The second kappa shape index (κ2) is 26.4. The minimum absolute atomic E-state index is 0.124. The van der Waals surface area contributed by atoms with Crippen LogP contribution in [-0.2, 0) is 16.2 Å². The fourth-order valence-corrected chi connectivity index (χ4v) is 19.7. The van der Waals surface area contributed by atoms with Gasteiger partial charge in [0.2, 0.25) is 17.6 Å². The predicted molar refractivity (Wildman–Crippen MR) is 479 cm³/mol. The molecule has 566 valence electrons. The topological polar surface area (TPSA) is 140 Å². The van der Waals surface area contributed by atoms with E-state index >= 15 is 0 Å². The van der Waals surface area contributed by atoms with Gasteiger partial charge in [0.05, 0.1) is 66.4 Å². The maximum atomic E-state index is 6.01. The Labute approximate surface area is 685 Å². The molecule has 10 aromatic heterocycles. The zero-order chi connectivity index (χ0) is 79.6. The van der Waals surface area contributed by atoms with Gasteiger partial charge in [-0.3, -0.25) is 23.9 Å². The molecule has 119 heavy (non-hydrogen) atoms. The smallest absolute Gasteiger partial charge is 0.248 e. The largest absolute Gasteiger partial charge is 0.416 e. The first-order valence-electron chi connectivity index (χ1n) is 40.4. The maximum Gasteiger partial charge on any atom is 0.248 e. The molecule has 14 nitrogen and oxygen atoms in total. The van der Waals surface area contributed by atoms with E-state index in [4.69, 9.17) is 29.3 Å². The maximum absolute atomic E-state index is 6.01. The van der Waals surface area contributed by atoms with Crippen LogP contribution in [0.4, 0.5) is 0 Å². The number of nitrogens with zero attached hydrogens (tertiary/aromatic N) is 13. The SMILES string of the molecule is CC1(C)c2ccccc2-c2ccc3c4ncccc4n(-c4ccc(-c5cn6cccnc6n5)cc4)c3c21.CC1(C)c2ccccc2-c2ccc3c4ncccc4n(-c4ccc(-c5nnc(-c6ccccc6)o5)cc4)c3c21.CC1(C)c2ccccc2-c2ccc3c4ncccc4n(-c4ccc(-n5c(-c6ccccc6)nc6ccccc65)cc4)c3c21. The van der Waals surface area contributed by atoms with Crippen molar-refractivity contribution >= 4 is 82.6 Å². The molecule has 0 radical (unpaired) electrons. The van der Waals surface area contributed by atoms with Gasteiger partial charge in [0, 0.05) is 115 Å². The number of para-hydroxylation sites is 2. The second-order valence-corrected chi connectivity index (χ2v) is 32.8. The van der Waals surface area contributed by atoms with Crippen molar-refractivity contribution in [3.8, 4) is 102 Å². The van der Waals surface area contributed by atoms with Crippen molar-refractivity contribution in [3.63, 3.8) is 0 Å². The van der Waals surface area contributed by atoms with Crippen LogP contribution in [0.1, 0.15) is 74.9 Å². The van der Waals surface area contributed by atoms with E-state index in [1.54, 1.807) is 6.20 Å². The standard InChI is InChI=1S/C39H28N4.C34H24N4O.C32H23N5/c1-39(2)31-14-7-6-13-28(31)29-22-23-30-36-34(17-10-24-40-36)42(37(30)35(29)39)26-18-20-27(21-19-26)43-33-16-9-8-15-32(33)41-38(43)25-11-4-3-5-12-25;1-34(2)27-12-7-6-11-24(27)25-18-19-26-30-28(13-8-20-35-30)38(31(26)29(25)34)23-16-14-22(15-17-23)33-37-36-32(39-33)21-9-4-3-5-10-21;1-32(2)25-8-4-3-7-22(25)23-14-15-24-29-27(9-5-16-33-29)37(30(24)28(23)32)21-12-10-20(11-13-21)26-19-36-18-6-17-34-31(36)35-26/h3-24H,1-2H3;3-20H,1-2H3;3-19H,1-2H3. The third-order valence-corrected chi connectivity index (χ3v) is 25.0. The summed E-state index contributed by atoms with van der Waals surface area (Å²) in [6, 6.07) is 109. The molecule has 0 fully saturated rings. The van der Waals surface area contributed by atoms with Crippen molar-refractivity contribution in [2.75, 3.05) is 0 Å². The Hall–Kier alpha value is -15.3. The van der Waals surface area contributed by atoms with Crippen LogP contribution in [0.15, 0.2) is 351 Å². The predicted octanol–water partition coefficient (Wildman–Crippen LogP) is 24.9. The zero-order valence-corrected chi connectivity index (χ0v) is 66.1. The number of aromatic nitrogens is 13. The molecule has 0 saturated carbocycles. The highest BCUT2D eigenvalue weighted by atomic mass is 16.4. The Balaban J connectivity index is 0.000000105. The van der Waals surface area contributed by atoms with Gasteiger partial charge in [-0.1, -0.05) is 205 Å². The van der Waals surface area contributed by atoms with E-state index in [1.807, 2.05) is 102 Å². The van der Waals surface area contributed by atoms with E-state index in [0.717, 1.165) is 101 Å². The van der Waals surface area contributed by atoms with E-state index in [9.17, 15) is 0 Å². The first kappa shape index (κ1) is 69.2. The van der Waals surface area contributed by atoms with Crippen LogP contribution < -0.4 is 0 Å². The molecule has 0 N–H and O–H groups in total. The molecule has 0 unspecified atom stereocenters. The molecule has 0 bridgehead atoms. The summed E-state index contributed by atoms with van der Waals surface area (Å²) in [6.45, 7) is 14.0. The Morgan fingerprint density at radius 1 is 0.286 bits per heavy atom. The van der Waals surface area contributed by atoms with Crippen molar-refractivity contribution in [2.24, 2.45) is 0 Å². The minimum Gasteiger partial charge on any atom is -0.416 e. The van der Waals surface area contributed by atoms with Crippen LogP contribution in [0.3, 0.4) is 0 Å². The third-order valence-electron chi connectivity index (χ3n) is 25.0. The van der Waals surface area contributed by atoms with Gasteiger partial charge in [0.25, 0.3) is 0 Å². The summed E-state index contributed by atoms with van der Waals surface area (Å²) in [5, 5.41) is 12.1. The lowest BCUT2D eigenvalue weighted by Crippen LogP contribution is -2.16. The summed E-state index contributed by atoms with van der Waals surface area (Å²) in [5.74, 6) is 2.66. The average Bonchev–Trinajstić information content (AvgIpc) is 1.55. The second-order valence-electron chi connectivity index (χ2n) is 32.8. The summed E-state index contributed by atoms with van der Waals surface area (Å²) in [5.41, 5.74) is 37.0. The quantitative estimate of drug-likeness (QED) is 0.145. The summed E-state index contributed by atoms with van der Waals surface area (Å²) in [6.07, 6.45) is 11.4. The zero-order valence-electron chi connectivity index (χ0n) is 66.1. The van der Waals surface area contributed by atoms with E-state index in [-0.39, 0.29) is 16.2 Å². The van der Waals surface area contributed by atoms with Crippen molar-refractivity contribution in [1.82, 2.24) is 62.8 Å². The number of pyridine rings is 3. The Kier molecular flexibility index (Phi) is 15.3. The number of fused-ring (bicyclic) bond motifs is 23. The van der Waals surface area contributed by atoms with Crippen molar-refractivity contribution < 1.29 is 4.42 Å². The molecule has 12 aromatic carbocycles. The molecule has 25 rings (SSSR count). The Bertz CT molecular complexity index is 7840. The molecule has 0 saturated heterocycles. The molecule has 0 spiro atoms. The molecule has 0 atom stereocenters. The van der Waals surface area contributed by atoms with Crippen molar-refractivity contribution in [2.45, 2.75) is 57.8 Å². The molecule has 14 heteroatoms. The fraction of sp³-hybridized carbons (Fsp3) is 0.0857.